The number of hydrogen-bond donors (Lipinski definition) is 6. The average Bonchev–Trinajstić information content (AvgIpc) is 3.38. The van der Waals surface area contributed by atoms with Gasteiger partial charge in [0.05, 0.1) is 12.1 Å². The number of oxazole rings is 1. The number of nitrogens with two attached hydrogens (primary N) is 2. The van der Waals surface area contributed by atoms with Crippen molar-refractivity contribution in [3.8, 4) is 0 Å². The monoisotopic (exact) mass is 624 g/mol. The Morgan fingerprint density at radius 2 is 1.40 bits per heavy atom. The first-order valence-electron chi connectivity index (χ1n) is 12.4. The average molecular weight is 625 g/mol. The number of nitrogens with one attached hydrogen (secondary N) is 1. The minimum atomic E-state index is -5.08. The zero-order valence-electron chi connectivity index (χ0n) is 22.3. The predicted molar refractivity (Wildman–Crippen MR) is 139 cm³/mol. The molecule has 0 fully saturated rings. The first-order valence-corrected chi connectivity index (χ1v) is 12.4. The zero-order valence-corrected chi connectivity index (χ0v) is 22.3. The molecule has 1 heterocycles. The molecule has 8 N–H and O–H groups in total. The number of aromatic nitrogens is 1. The van der Waals surface area contributed by atoms with Gasteiger partial charge in [0.25, 0.3) is 0 Å². The highest BCUT2D eigenvalue weighted by molar-refractivity contribution is 5.81. The maximum atomic E-state index is 12.5. The molecule has 1 unspecified atom stereocenters. The molecule has 3 atom stereocenters. The van der Waals surface area contributed by atoms with E-state index >= 15 is 0 Å². The molecule has 0 saturated heterocycles. The number of halogens is 6. The van der Waals surface area contributed by atoms with E-state index in [9.17, 15) is 36.2 Å². The number of aliphatic hydroxyl groups excluding tert-OH is 1. The van der Waals surface area contributed by atoms with Crippen molar-refractivity contribution in [2.45, 2.75) is 56.2 Å². The van der Waals surface area contributed by atoms with Crippen LogP contribution in [0.2, 0.25) is 0 Å². The van der Waals surface area contributed by atoms with E-state index in [0.29, 0.717) is 43.3 Å². The van der Waals surface area contributed by atoms with Crippen LogP contribution >= 0.6 is 0 Å². The highest BCUT2D eigenvalue weighted by Gasteiger charge is 2.39. The van der Waals surface area contributed by atoms with Gasteiger partial charge in [0.2, 0.25) is 11.8 Å². The Morgan fingerprint density at radius 1 is 0.884 bits per heavy atom. The molecule has 1 aromatic heterocycles. The first kappa shape index (κ1) is 36.8. The number of amides is 1. The lowest BCUT2D eigenvalue weighted by atomic mass is 10.00. The van der Waals surface area contributed by atoms with Crippen LogP contribution in [0.5, 0.6) is 0 Å². The molecule has 0 aliphatic heterocycles. The van der Waals surface area contributed by atoms with E-state index in [0.717, 1.165) is 5.56 Å². The van der Waals surface area contributed by atoms with Crippen molar-refractivity contribution in [3.63, 3.8) is 0 Å². The van der Waals surface area contributed by atoms with Crippen molar-refractivity contribution < 1.29 is 60.5 Å². The van der Waals surface area contributed by atoms with Crippen molar-refractivity contribution >= 4 is 28.9 Å². The molecule has 1 amide bonds. The van der Waals surface area contributed by atoms with Gasteiger partial charge in [-0.05, 0) is 49.9 Å². The third-order valence-electron chi connectivity index (χ3n) is 5.40. The van der Waals surface area contributed by atoms with Gasteiger partial charge >= 0.3 is 24.3 Å². The van der Waals surface area contributed by atoms with Crippen LogP contribution < -0.4 is 16.8 Å². The molecule has 0 radical (unpaired) electrons. The molecular formula is C26H30F6N4O7. The zero-order chi connectivity index (χ0) is 32.8. The van der Waals surface area contributed by atoms with E-state index in [2.05, 4.69) is 10.3 Å². The van der Waals surface area contributed by atoms with Gasteiger partial charge in [0, 0.05) is 0 Å². The van der Waals surface area contributed by atoms with Crippen LogP contribution in [0.1, 0.15) is 36.8 Å². The molecule has 238 valence electrons. The maximum Gasteiger partial charge on any atom is 0.490 e. The van der Waals surface area contributed by atoms with Gasteiger partial charge in [-0.15, -0.1) is 0 Å². The summed E-state index contributed by atoms with van der Waals surface area (Å²) in [5.74, 6) is -5.65. The van der Waals surface area contributed by atoms with Gasteiger partial charge in [0.15, 0.2) is 11.7 Å². The summed E-state index contributed by atoms with van der Waals surface area (Å²) in [5, 5.41) is 28.1. The number of alkyl halides is 6. The number of carboxylic acids is 2. The fourth-order valence-electron chi connectivity index (χ4n) is 3.22. The fraction of sp³-hybridized carbons (Fsp3) is 0.385. The van der Waals surface area contributed by atoms with Crippen molar-refractivity contribution in [1.29, 1.82) is 0 Å². The van der Waals surface area contributed by atoms with E-state index < -0.39 is 42.5 Å². The number of carboxylic acid groups (broad SMARTS) is 2. The molecule has 0 aliphatic carbocycles. The SMILES string of the molecule is NCCC[C@@H](N)C(=O)N[C@H](CCc1ccccc1)C(O)c1nc2ccccc2o1.O=C(O)C(F)(F)F.O=C(O)C(F)(F)F. The van der Waals surface area contributed by atoms with Crippen LogP contribution in [0.15, 0.2) is 59.0 Å². The Kier molecular flexibility index (Phi) is 14.6. The smallest absolute Gasteiger partial charge is 0.475 e. The van der Waals surface area contributed by atoms with Gasteiger partial charge in [0.1, 0.15) is 5.52 Å². The largest absolute Gasteiger partial charge is 0.490 e. The molecule has 0 saturated carbocycles. The van der Waals surface area contributed by atoms with Gasteiger partial charge in [-0.3, -0.25) is 4.79 Å². The summed E-state index contributed by atoms with van der Waals surface area (Å²) < 4.78 is 69.2. The molecule has 43 heavy (non-hydrogen) atoms. The number of carbonyl (C=O) groups is 3. The minimum absolute atomic E-state index is 0.181. The number of benzene rings is 2. The van der Waals surface area contributed by atoms with Gasteiger partial charge in [-0.25, -0.2) is 14.6 Å². The van der Waals surface area contributed by atoms with Crippen LogP contribution in [0.3, 0.4) is 0 Å². The first-order chi connectivity index (χ1) is 20.0. The topological polar surface area (TPSA) is 202 Å². The molecule has 0 aliphatic rings. The Hall–Kier alpha value is -4.22. The van der Waals surface area contributed by atoms with Crippen molar-refractivity contribution in [2.24, 2.45) is 11.5 Å². The number of aliphatic hydroxyl groups is 1. The Labute approximate surface area is 240 Å². The quantitative estimate of drug-likeness (QED) is 0.182. The number of aliphatic carboxylic acids is 2. The number of rotatable bonds is 10. The normalized spacial score (nSPS) is 13.4. The van der Waals surface area contributed by atoms with Crippen molar-refractivity contribution in [3.05, 3.63) is 66.1 Å². The Bertz CT molecular complexity index is 1250. The van der Waals surface area contributed by atoms with Crippen LogP contribution in [-0.2, 0) is 20.8 Å². The highest BCUT2D eigenvalue weighted by Crippen LogP contribution is 2.24. The van der Waals surface area contributed by atoms with E-state index in [1.54, 1.807) is 6.07 Å². The number of carbonyl (C=O) groups excluding carboxylic acids is 1. The second kappa shape index (κ2) is 17.0. The van der Waals surface area contributed by atoms with Crippen LogP contribution in [0.25, 0.3) is 11.1 Å². The predicted octanol–water partition coefficient (Wildman–Crippen LogP) is 3.31. The summed E-state index contributed by atoms with van der Waals surface area (Å²) in [7, 11) is 0. The molecule has 3 rings (SSSR count). The lowest BCUT2D eigenvalue weighted by Gasteiger charge is -2.24. The molecule has 0 bridgehead atoms. The highest BCUT2D eigenvalue weighted by atomic mass is 19.4. The summed E-state index contributed by atoms with van der Waals surface area (Å²) >= 11 is 0. The summed E-state index contributed by atoms with van der Waals surface area (Å²) in [6.45, 7) is 0.476. The second-order valence-electron chi connectivity index (χ2n) is 8.75. The van der Waals surface area contributed by atoms with Gasteiger partial charge < -0.3 is 36.5 Å². The molecule has 3 aromatic rings. The third-order valence-corrected chi connectivity index (χ3v) is 5.40. The van der Waals surface area contributed by atoms with E-state index in [1.807, 2.05) is 48.5 Å². The molecular weight excluding hydrogens is 594 g/mol. The second-order valence-corrected chi connectivity index (χ2v) is 8.75. The fourth-order valence-corrected chi connectivity index (χ4v) is 3.22. The van der Waals surface area contributed by atoms with E-state index in [-0.39, 0.29) is 11.8 Å². The van der Waals surface area contributed by atoms with Crippen LogP contribution in [-0.4, -0.2) is 69.1 Å². The number of fused-ring (bicyclic) bond motifs is 1. The van der Waals surface area contributed by atoms with Crippen molar-refractivity contribution in [2.75, 3.05) is 6.54 Å². The summed E-state index contributed by atoms with van der Waals surface area (Å²) in [6.07, 6.45) is -8.90. The lowest BCUT2D eigenvalue weighted by molar-refractivity contribution is -0.193. The van der Waals surface area contributed by atoms with Gasteiger partial charge in [-0.2, -0.15) is 26.3 Å². The molecule has 0 spiro atoms. The molecule has 2 aromatic carbocycles. The van der Waals surface area contributed by atoms with Gasteiger partial charge in [-0.1, -0.05) is 42.5 Å². The summed E-state index contributed by atoms with van der Waals surface area (Å²) in [4.78, 5) is 34.7. The van der Waals surface area contributed by atoms with E-state index in [4.69, 9.17) is 35.7 Å². The lowest BCUT2D eigenvalue weighted by Crippen LogP contribution is -2.48. The number of hydrogen-bond acceptors (Lipinski definition) is 8. The number of para-hydroxylation sites is 2. The van der Waals surface area contributed by atoms with Crippen LogP contribution in [0.4, 0.5) is 26.3 Å². The number of aryl methyl sites for hydroxylation is 1. The molecule has 11 nitrogen and oxygen atoms in total. The maximum absolute atomic E-state index is 12.5. The Morgan fingerprint density at radius 3 is 1.88 bits per heavy atom. The minimum Gasteiger partial charge on any atom is -0.475 e. The third kappa shape index (κ3) is 13.5. The molecule has 17 heteroatoms. The van der Waals surface area contributed by atoms with E-state index in [1.165, 1.54) is 0 Å². The Balaban J connectivity index is 0.000000548. The summed E-state index contributed by atoms with van der Waals surface area (Å²) in [6, 6.07) is 15.9. The van der Waals surface area contributed by atoms with Crippen molar-refractivity contribution in [1.82, 2.24) is 10.3 Å². The summed E-state index contributed by atoms with van der Waals surface area (Å²) in [5.41, 5.74) is 13.8. The van der Waals surface area contributed by atoms with Crippen LogP contribution in [0, 0.1) is 0 Å². The number of nitrogens with zero attached hydrogens (tertiary/aromatic N) is 1. The standard InChI is InChI=1S/C22H28N4O3.2C2HF3O2/c23-14-6-9-16(24)21(28)25-18(13-12-15-7-2-1-3-8-15)20(27)22-26-17-10-4-5-11-19(17)29-22;2*3-2(4,5)1(6)7/h1-5,7-8,10-11,16,18,20,27H,6,9,12-14,23-24H2,(H,25,28);2*(H,6,7)/t16-,18-,20?;;/m1../s1.